The Balaban J connectivity index is 1.82. The standard InChI is InChI=1S/C26H46O2/c1-3-4-5-6-7-8-9-10-11-12-13-14-15-16-17-18-19-20-24-21-25(27)23(2)26(28)22-24/h21-22,27-28H,3-20H2,1-2H3. The molecule has 0 spiro atoms. The van der Waals surface area contributed by atoms with Crippen LogP contribution in [0.5, 0.6) is 11.5 Å². The highest BCUT2D eigenvalue weighted by atomic mass is 16.3. The van der Waals surface area contributed by atoms with Crippen LogP contribution in [0.2, 0.25) is 0 Å². The summed E-state index contributed by atoms with van der Waals surface area (Å²) in [6, 6.07) is 3.59. The molecule has 28 heavy (non-hydrogen) atoms. The maximum absolute atomic E-state index is 9.76. The van der Waals surface area contributed by atoms with E-state index in [1.807, 2.05) is 0 Å². The fourth-order valence-corrected chi connectivity index (χ4v) is 3.94. The van der Waals surface area contributed by atoms with Crippen LogP contribution in [0.25, 0.3) is 0 Å². The minimum atomic E-state index is 0.210. The highest BCUT2D eigenvalue weighted by molar-refractivity contribution is 5.45. The van der Waals surface area contributed by atoms with E-state index in [0.717, 1.165) is 18.4 Å². The number of phenols is 2. The van der Waals surface area contributed by atoms with E-state index in [0.29, 0.717) is 5.56 Å². The van der Waals surface area contributed by atoms with E-state index in [-0.39, 0.29) is 11.5 Å². The van der Waals surface area contributed by atoms with E-state index in [4.69, 9.17) is 0 Å². The Bertz CT molecular complexity index is 472. The molecule has 0 atom stereocenters. The van der Waals surface area contributed by atoms with Gasteiger partial charge in [0.25, 0.3) is 0 Å². The molecule has 162 valence electrons. The zero-order valence-electron chi connectivity index (χ0n) is 18.8. The van der Waals surface area contributed by atoms with E-state index in [1.54, 1.807) is 19.1 Å². The molecule has 0 bridgehead atoms. The molecule has 0 fully saturated rings. The number of aryl methyl sites for hydroxylation is 1. The van der Waals surface area contributed by atoms with Gasteiger partial charge in [0.2, 0.25) is 0 Å². The highest BCUT2D eigenvalue weighted by Gasteiger charge is 2.05. The molecule has 2 heteroatoms. The lowest BCUT2D eigenvalue weighted by Gasteiger charge is -2.07. The monoisotopic (exact) mass is 390 g/mol. The Hall–Kier alpha value is -1.18. The van der Waals surface area contributed by atoms with Gasteiger partial charge in [0.15, 0.2) is 0 Å². The number of hydrogen-bond donors (Lipinski definition) is 2. The van der Waals surface area contributed by atoms with Crippen molar-refractivity contribution >= 4 is 0 Å². The predicted octanol–water partition coefficient (Wildman–Crippen LogP) is 8.60. The molecular formula is C26H46O2. The van der Waals surface area contributed by atoms with Crippen LogP contribution in [0, 0.1) is 6.92 Å². The van der Waals surface area contributed by atoms with E-state index >= 15 is 0 Å². The van der Waals surface area contributed by atoms with Crippen LogP contribution in [0.1, 0.15) is 127 Å². The van der Waals surface area contributed by atoms with Crippen LogP contribution < -0.4 is 0 Å². The van der Waals surface area contributed by atoms with Gasteiger partial charge in [-0.15, -0.1) is 0 Å². The van der Waals surface area contributed by atoms with Gasteiger partial charge in [0, 0.05) is 5.56 Å². The lowest BCUT2D eigenvalue weighted by Crippen LogP contribution is -1.88. The third-order valence-electron chi connectivity index (χ3n) is 5.98. The SMILES string of the molecule is CCCCCCCCCCCCCCCCCCCc1cc(O)c(C)c(O)c1. The summed E-state index contributed by atoms with van der Waals surface area (Å²) in [6.07, 6.45) is 24.5. The normalized spacial score (nSPS) is 11.2. The number of unbranched alkanes of at least 4 members (excludes halogenated alkanes) is 16. The molecule has 0 aliphatic rings. The van der Waals surface area contributed by atoms with Gasteiger partial charge >= 0.3 is 0 Å². The molecule has 0 saturated heterocycles. The number of hydrogen-bond acceptors (Lipinski definition) is 2. The van der Waals surface area contributed by atoms with E-state index in [1.165, 1.54) is 103 Å². The summed E-state index contributed by atoms with van der Waals surface area (Å²) < 4.78 is 0. The Morgan fingerprint density at radius 3 is 1.21 bits per heavy atom. The maximum Gasteiger partial charge on any atom is 0.122 e. The molecule has 0 amide bonds. The second kappa shape index (κ2) is 16.7. The Labute approximate surface area is 174 Å². The molecule has 0 saturated carbocycles. The topological polar surface area (TPSA) is 40.5 Å². The minimum absolute atomic E-state index is 0.210. The van der Waals surface area contributed by atoms with Crippen molar-refractivity contribution in [2.45, 2.75) is 129 Å². The number of aromatic hydroxyl groups is 2. The first-order chi connectivity index (χ1) is 13.6. The van der Waals surface area contributed by atoms with Crippen molar-refractivity contribution in [2.24, 2.45) is 0 Å². The molecule has 1 aromatic carbocycles. The van der Waals surface area contributed by atoms with Crippen LogP contribution in [-0.4, -0.2) is 10.2 Å². The second-order valence-corrected chi connectivity index (χ2v) is 8.67. The van der Waals surface area contributed by atoms with Crippen molar-refractivity contribution in [2.75, 3.05) is 0 Å². The molecule has 1 rings (SSSR count). The first kappa shape index (κ1) is 24.9. The zero-order valence-corrected chi connectivity index (χ0v) is 18.8. The number of benzene rings is 1. The van der Waals surface area contributed by atoms with Gasteiger partial charge in [-0.1, -0.05) is 110 Å². The van der Waals surface area contributed by atoms with Gasteiger partial charge in [0.05, 0.1) is 0 Å². The first-order valence-electron chi connectivity index (χ1n) is 12.2. The molecule has 1 aromatic rings. The summed E-state index contributed by atoms with van der Waals surface area (Å²) in [7, 11) is 0. The van der Waals surface area contributed by atoms with Gasteiger partial charge in [-0.25, -0.2) is 0 Å². The summed E-state index contributed by atoms with van der Waals surface area (Å²) in [5.41, 5.74) is 1.62. The average molecular weight is 391 g/mol. The predicted molar refractivity (Wildman–Crippen MR) is 122 cm³/mol. The fraction of sp³-hybridized carbons (Fsp3) is 0.769. The van der Waals surface area contributed by atoms with Gasteiger partial charge in [-0.05, 0) is 37.5 Å². The second-order valence-electron chi connectivity index (χ2n) is 8.67. The molecule has 0 aliphatic heterocycles. The number of phenolic OH excluding ortho intramolecular Hbond substituents is 2. The summed E-state index contributed by atoms with van der Waals surface area (Å²) in [4.78, 5) is 0. The van der Waals surface area contributed by atoms with Crippen LogP contribution in [-0.2, 0) is 6.42 Å². The van der Waals surface area contributed by atoms with Crippen molar-refractivity contribution < 1.29 is 10.2 Å². The number of rotatable bonds is 18. The first-order valence-corrected chi connectivity index (χ1v) is 12.2. The molecule has 2 nitrogen and oxygen atoms in total. The largest absolute Gasteiger partial charge is 0.508 e. The Kier molecular flexibility index (Phi) is 14.9. The van der Waals surface area contributed by atoms with E-state index in [2.05, 4.69) is 6.92 Å². The highest BCUT2D eigenvalue weighted by Crippen LogP contribution is 2.28. The third kappa shape index (κ3) is 12.3. The van der Waals surface area contributed by atoms with E-state index in [9.17, 15) is 10.2 Å². The molecule has 2 N–H and O–H groups in total. The zero-order chi connectivity index (χ0) is 20.5. The van der Waals surface area contributed by atoms with Crippen LogP contribution in [0.4, 0.5) is 0 Å². The maximum atomic E-state index is 9.76. The summed E-state index contributed by atoms with van der Waals surface area (Å²) in [5.74, 6) is 0.420. The van der Waals surface area contributed by atoms with Crippen molar-refractivity contribution in [3.05, 3.63) is 23.3 Å². The van der Waals surface area contributed by atoms with Crippen molar-refractivity contribution in [1.82, 2.24) is 0 Å². The van der Waals surface area contributed by atoms with Crippen molar-refractivity contribution in [1.29, 1.82) is 0 Å². The molecule has 0 aliphatic carbocycles. The quantitative estimate of drug-likeness (QED) is 0.246. The average Bonchev–Trinajstić information content (AvgIpc) is 2.68. The minimum Gasteiger partial charge on any atom is -0.508 e. The Morgan fingerprint density at radius 2 is 0.857 bits per heavy atom. The summed E-state index contributed by atoms with van der Waals surface area (Å²) in [6.45, 7) is 4.02. The van der Waals surface area contributed by atoms with Gasteiger partial charge < -0.3 is 10.2 Å². The summed E-state index contributed by atoms with van der Waals surface area (Å²) in [5, 5.41) is 19.5. The molecule has 0 unspecified atom stereocenters. The molecule has 0 radical (unpaired) electrons. The van der Waals surface area contributed by atoms with Crippen LogP contribution >= 0.6 is 0 Å². The van der Waals surface area contributed by atoms with Crippen LogP contribution in [0.15, 0.2) is 12.1 Å². The third-order valence-corrected chi connectivity index (χ3v) is 5.98. The smallest absolute Gasteiger partial charge is 0.122 e. The van der Waals surface area contributed by atoms with E-state index < -0.39 is 0 Å². The van der Waals surface area contributed by atoms with Gasteiger partial charge in [-0.3, -0.25) is 0 Å². The van der Waals surface area contributed by atoms with Gasteiger partial charge in [0.1, 0.15) is 11.5 Å². The lowest BCUT2D eigenvalue weighted by atomic mass is 10.0. The van der Waals surface area contributed by atoms with Crippen molar-refractivity contribution in [3.63, 3.8) is 0 Å². The summed E-state index contributed by atoms with van der Waals surface area (Å²) >= 11 is 0. The molecule has 0 aromatic heterocycles. The van der Waals surface area contributed by atoms with Crippen LogP contribution in [0.3, 0.4) is 0 Å². The lowest BCUT2D eigenvalue weighted by molar-refractivity contribution is 0.441. The fourth-order valence-electron chi connectivity index (χ4n) is 3.94. The Morgan fingerprint density at radius 1 is 0.536 bits per heavy atom. The van der Waals surface area contributed by atoms with Crippen molar-refractivity contribution in [3.8, 4) is 11.5 Å². The molecular weight excluding hydrogens is 344 g/mol. The van der Waals surface area contributed by atoms with Gasteiger partial charge in [-0.2, -0.15) is 0 Å². The molecule has 0 heterocycles.